The molecule has 0 aliphatic rings. The summed E-state index contributed by atoms with van der Waals surface area (Å²) in [5.41, 5.74) is 3.19. The van der Waals surface area contributed by atoms with E-state index in [4.69, 9.17) is 5.14 Å². The molecular weight excluding hydrogens is 585 g/mol. The molecule has 1 unspecified atom stereocenters. The molecule has 220 valence electrons. The third-order valence-corrected chi connectivity index (χ3v) is 8.30. The highest BCUT2D eigenvalue weighted by Crippen LogP contribution is 2.26. The average Bonchev–Trinajstić information content (AvgIpc) is 2.99. The van der Waals surface area contributed by atoms with Gasteiger partial charge in [0.05, 0.1) is 10.1 Å². The first-order valence-corrected chi connectivity index (χ1v) is 15.6. The fraction of sp³-hybridized carbons (Fsp3) is 0.0938. The fourth-order valence-electron chi connectivity index (χ4n) is 3.89. The number of benzene rings is 4. The molecule has 0 aliphatic carbocycles. The molecule has 0 saturated heterocycles. The molecule has 0 aromatic heterocycles. The van der Waals surface area contributed by atoms with E-state index in [1.165, 1.54) is 36.0 Å². The van der Waals surface area contributed by atoms with Crippen LogP contribution in [0.2, 0.25) is 0 Å². The second kappa shape index (κ2) is 14.0. The predicted octanol–water partition coefficient (Wildman–Crippen LogP) is 5.17. The largest absolute Gasteiger partial charge is 0.325 e. The Kier molecular flexibility index (Phi) is 10.1. The number of nitrogens with two attached hydrogens (primary N) is 1. The van der Waals surface area contributed by atoms with Crippen molar-refractivity contribution < 1.29 is 22.8 Å². The van der Waals surface area contributed by atoms with E-state index in [0.29, 0.717) is 16.9 Å². The van der Waals surface area contributed by atoms with E-state index >= 15 is 0 Å². The molecule has 0 heterocycles. The maximum absolute atomic E-state index is 13.3. The average molecular weight is 615 g/mol. The lowest BCUT2D eigenvalue weighted by Crippen LogP contribution is -2.30. The summed E-state index contributed by atoms with van der Waals surface area (Å²) in [4.78, 5) is 39.6. The van der Waals surface area contributed by atoms with Gasteiger partial charge in [-0.15, -0.1) is 11.8 Å². The Labute approximate surface area is 254 Å². The van der Waals surface area contributed by atoms with Gasteiger partial charge in [0.2, 0.25) is 15.9 Å². The molecule has 0 spiro atoms. The summed E-state index contributed by atoms with van der Waals surface area (Å²) < 4.78 is 22.8. The number of nitrogens with one attached hydrogen (secondary N) is 3. The molecule has 0 radical (unpaired) electrons. The van der Waals surface area contributed by atoms with Crippen LogP contribution in [0.1, 0.15) is 28.4 Å². The van der Waals surface area contributed by atoms with Gasteiger partial charge in [-0.3, -0.25) is 14.4 Å². The Morgan fingerprint density at radius 1 is 0.791 bits per heavy atom. The van der Waals surface area contributed by atoms with Gasteiger partial charge in [0.1, 0.15) is 5.70 Å². The summed E-state index contributed by atoms with van der Waals surface area (Å²) in [6.45, 7) is 3.66. The molecule has 1 atom stereocenters. The van der Waals surface area contributed by atoms with Crippen molar-refractivity contribution in [1.29, 1.82) is 0 Å². The van der Waals surface area contributed by atoms with Gasteiger partial charge >= 0.3 is 0 Å². The van der Waals surface area contributed by atoms with E-state index in [2.05, 4.69) is 16.0 Å². The molecule has 0 bridgehead atoms. The van der Waals surface area contributed by atoms with Crippen LogP contribution in [0.5, 0.6) is 0 Å². The molecule has 0 fully saturated rings. The van der Waals surface area contributed by atoms with E-state index in [0.717, 1.165) is 16.0 Å². The molecule has 9 nitrogen and oxygen atoms in total. The summed E-state index contributed by atoms with van der Waals surface area (Å²) in [6, 6.07) is 28.7. The summed E-state index contributed by atoms with van der Waals surface area (Å²) in [5, 5.41) is 12.9. The Morgan fingerprint density at radius 2 is 1.37 bits per heavy atom. The number of hydrogen-bond acceptors (Lipinski definition) is 6. The molecule has 4 aromatic carbocycles. The van der Waals surface area contributed by atoms with Crippen molar-refractivity contribution >= 4 is 57.0 Å². The predicted molar refractivity (Wildman–Crippen MR) is 170 cm³/mol. The number of anilines is 2. The van der Waals surface area contributed by atoms with Crippen LogP contribution in [-0.4, -0.2) is 31.4 Å². The molecule has 43 heavy (non-hydrogen) atoms. The number of carbonyl (C=O) groups is 3. The zero-order chi connectivity index (χ0) is 31.0. The van der Waals surface area contributed by atoms with Crippen LogP contribution in [0.25, 0.3) is 6.08 Å². The van der Waals surface area contributed by atoms with Crippen molar-refractivity contribution in [2.75, 3.05) is 10.6 Å². The topological polar surface area (TPSA) is 147 Å². The second-order valence-electron chi connectivity index (χ2n) is 9.53. The van der Waals surface area contributed by atoms with Crippen molar-refractivity contribution in [2.45, 2.75) is 28.9 Å². The third-order valence-electron chi connectivity index (χ3n) is 6.26. The number of hydrogen-bond donors (Lipinski definition) is 4. The zero-order valence-corrected chi connectivity index (χ0v) is 25.0. The van der Waals surface area contributed by atoms with Crippen LogP contribution < -0.4 is 21.1 Å². The number of carbonyl (C=O) groups excluding carboxylic acids is 3. The SMILES string of the molecule is Cc1ccccc1/C=C(\NC(=O)c1ccccc1)C(=O)Nc1ccc(SC(C)C(=O)Nc2ccc(S(N)(=O)=O)cc2)cc1. The van der Waals surface area contributed by atoms with Crippen LogP contribution in [0.4, 0.5) is 11.4 Å². The van der Waals surface area contributed by atoms with Gasteiger partial charge in [0.25, 0.3) is 11.8 Å². The van der Waals surface area contributed by atoms with Gasteiger partial charge in [0.15, 0.2) is 0 Å². The van der Waals surface area contributed by atoms with Crippen molar-refractivity contribution in [3.05, 3.63) is 126 Å². The summed E-state index contributed by atoms with van der Waals surface area (Å²) >= 11 is 1.31. The first-order chi connectivity index (χ1) is 20.5. The number of thioether (sulfide) groups is 1. The minimum Gasteiger partial charge on any atom is -0.325 e. The molecule has 4 aromatic rings. The van der Waals surface area contributed by atoms with Gasteiger partial charge in [-0.25, -0.2) is 13.6 Å². The molecule has 11 heteroatoms. The summed E-state index contributed by atoms with van der Waals surface area (Å²) in [5.74, 6) is -1.17. The number of rotatable bonds is 10. The van der Waals surface area contributed by atoms with Crippen LogP contribution in [-0.2, 0) is 19.6 Å². The van der Waals surface area contributed by atoms with Crippen LogP contribution in [0.3, 0.4) is 0 Å². The van der Waals surface area contributed by atoms with Crippen LogP contribution in [0.15, 0.2) is 119 Å². The van der Waals surface area contributed by atoms with Gasteiger partial charge in [0, 0.05) is 21.8 Å². The van der Waals surface area contributed by atoms with E-state index in [1.807, 2.05) is 31.2 Å². The number of sulfonamides is 1. The van der Waals surface area contributed by atoms with E-state index in [9.17, 15) is 22.8 Å². The Bertz CT molecular complexity index is 1760. The summed E-state index contributed by atoms with van der Waals surface area (Å²) in [6.07, 6.45) is 1.64. The van der Waals surface area contributed by atoms with E-state index in [1.54, 1.807) is 67.6 Å². The van der Waals surface area contributed by atoms with Crippen LogP contribution >= 0.6 is 11.8 Å². The maximum Gasteiger partial charge on any atom is 0.272 e. The van der Waals surface area contributed by atoms with Crippen molar-refractivity contribution in [2.24, 2.45) is 5.14 Å². The lowest BCUT2D eigenvalue weighted by molar-refractivity contribution is -0.115. The second-order valence-corrected chi connectivity index (χ2v) is 12.5. The first-order valence-electron chi connectivity index (χ1n) is 13.1. The van der Waals surface area contributed by atoms with Crippen molar-refractivity contribution in [3.63, 3.8) is 0 Å². The highest BCUT2D eigenvalue weighted by atomic mass is 32.2. The molecular formula is C32H30N4O5S2. The van der Waals surface area contributed by atoms with E-state index in [-0.39, 0.29) is 16.5 Å². The lowest BCUT2D eigenvalue weighted by Gasteiger charge is -2.14. The third kappa shape index (κ3) is 8.89. The first kappa shape index (κ1) is 31.2. The van der Waals surface area contributed by atoms with Crippen molar-refractivity contribution in [1.82, 2.24) is 5.32 Å². The monoisotopic (exact) mass is 614 g/mol. The van der Waals surface area contributed by atoms with Crippen molar-refractivity contribution in [3.8, 4) is 0 Å². The molecule has 0 saturated carbocycles. The molecule has 5 N–H and O–H groups in total. The zero-order valence-electron chi connectivity index (χ0n) is 23.4. The summed E-state index contributed by atoms with van der Waals surface area (Å²) in [7, 11) is -3.82. The fourth-order valence-corrected chi connectivity index (χ4v) is 5.27. The molecule has 3 amide bonds. The Balaban J connectivity index is 1.41. The van der Waals surface area contributed by atoms with Gasteiger partial charge in [-0.05, 0) is 91.7 Å². The number of primary sulfonamides is 1. The highest BCUT2D eigenvalue weighted by Gasteiger charge is 2.17. The minimum absolute atomic E-state index is 0.0449. The highest BCUT2D eigenvalue weighted by molar-refractivity contribution is 8.00. The quantitative estimate of drug-likeness (QED) is 0.143. The smallest absolute Gasteiger partial charge is 0.272 e. The number of amides is 3. The minimum atomic E-state index is -3.82. The van der Waals surface area contributed by atoms with Crippen LogP contribution in [0, 0.1) is 6.92 Å². The Morgan fingerprint density at radius 3 is 2.00 bits per heavy atom. The van der Waals surface area contributed by atoms with Gasteiger partial charge in [-0.1, -0.05) is 42.5 Å². The lowest BCUT2D eigenvalue weighted by atomic mass is 10.1. The molecule has 0 aliphatic heterocycles. The standard InChI is InChI=1S/C32H30N4O5S2/c1-21-8-6-7-11-24(21)20-29(36-31(38)23-9-4-3-5-10-23)32(39)35-25-12-16-27(17-13-25)42-22(2)30(37)34-26-14-18-28(19-15-26)43(33,40)41/h3-20,22H,1-2H3,(H,34,37)(H,35,39)(H,36,38)(H2,33,40,41)/b29-20-. The molecule has 4 rings (SSSR count). The maximum atomic E-state index is 13.3. The normalized spacial score (nSPS) is 12.2. The van der Waals surface area contributed by atoms with Gasteiger partial charge in [-0.2, -0.15) is 0 Å². The van der Waals surface area contributed by atoms with Gasteiger partial charge < -0.3 is 16.0 Å². The number of aryl methyl sites for hydroxylation is 1. The van der Waals surface area contributed by atoms with E-state index < -0.39 is 27.1 Å². The Hall–Kier alpha value is -4.71.